The highest BCUT2D eigenvalue weighted by atomic mass is 79.9. The Balaban J connectivity index is 2.01. The number of nitrogens with zero attached hydrogens (tertiary/aromatic N) is 1. The van der Waals surface area contributed by atoms with Crippen LogP contribution in [0.4, 0.5) is 0 Å². The van der Waals surface area contributed by atoms with Crippen molar-refractivity contribution in [3.63, 3.8) is 0 Å². The summed E-state index contributed by atoms with van der Waals surface area (Å²) in [6, 6.07) is 16.9. The fourth-order valence-corrected chi connectivity index (χ4v) is 3.40. The molecule has 30 heavy (non-hydrogen) atoms. The Kier molecular flexibility index (Phi) is 9.87. The van der Waals surface area contributed by atoms with Crippen LogP contribution in [0.25, 0.3) is 0 Å². The fourth-order valence-electron chi connectivity index (χ4n) is 2.95. The van der Waals surface area contributed by atoms with E-state index in [1.54, 1.807) is 11.8 Å². The maximum absolute atomic E-state index is 13.0. The van der Waals surface area contributed by atoms with E-state index in [-0.39, 0.29) is 17.9 Å². The normalized spacial score (nSPS) is 12.7. The number of carbonyl (C=O) groups excluding carboxylic acids is 2. The van der Waals surface area contributed by atoms with Gasteiger partial charge in [0.1, 0.15) is 11.8 Å². The summed E-state index contributed by atoms with van der Waals surface area (Å²) >= 11 is 3.47. The molecule has 0 saturated heterocycles. The van der Waals surface area contributed by atoms with Crippen molar-refractivity contribution in [1.29, 1.82) is 0 Å². The Morgan fingerprint density at radius 3 is 2.50 bits per heavy atom. The topological polar surface area (TPSA) is 58.6 Å². The van der Waals surface area contributed by atoms with Gasteiger partial charge >= 0.3 is 0 Å². The van der Waals surface area contributed by atoms with Crippen molar-refractivity contribution < 1.29 is 14.3 Å². The van der Waals surface area contributed by atoms with Gasteiger partial charge in [0.15, 0.2) is 0 Å². The van der Waals surface area contributed by atoms with Gasteiger partial charge in [-0.1, -0.05) is 53.2 Å². The average molecular weight is 475 g/mol. The lowest BCUT2D eigenvalue weighted by molar-refractivity contribution is -0.141. The second-order valence-electron chi connectivity index (χ2n) is 7.41. The third-order valence-corrected chi connectivity index (χ3v) is 5.45. The SMILES string of the molecule is CC[C@H](C)NC(=O)[C@H](C)N(Cc1cccc(Br)c1)C(=O)CCCOc1ccccc1. The van der Waals surface area contributed by atoms with E-state index < -0.39 is 6.04 Å². The predicted molar refractivity (Wildman–Crippen MR) is 123 cm³/mol. The highest BCUT2D eigenvalue weighted by Crippen LogP contribution is 2.17. The number of nitrogens with one attached hydrogen (secondary N) is 1. The highest BCUT2D eigenvalue weighted by molar-refractivity contribution is 9.10. The molecule has 0 fully saturated rings. The molecule has 0 spiro atoms. The van der Waals surface area contributed by atoms with Gasteiger partial charge in [-0.3, -0.25) is 9.59 Å². The van der Waals surface area contributed by atoms with E-state index in [0.29, 0.717) is 26.0 Å². The van der Waals surface area contributed by atoms with Crippen molar-refractivity contribution in [2.24, 2.45) is 0 Å². The smallest absolute Gasteiger partial charge is 0.242 e. The molecule has 1 N–H and O–H groups in total. The minimum atomic E-state index is -0.555. The van der Waals surface area contributed by atoms with Crippen LogP contribution < -0.4 is 10.1 Å². The zero-order chi connectivity index (χ0) is 21.9. The Hall–Kier alpha value is -2.34. The molecule has 0 unspecified atom stereocenters. The number of hydrogen-bond donors (Lipinski definition) is 1. The van der Waals surface area contributed by atoms with Crippen LogP contribution in [-0.4, -0.2) is 35.4 Å². The second kappa shape index (κ2) is 12.4. The van der Waals surface area contributed by atoms with E-state index in [9.17, 15) is 9.59 Å². The van der Waals surface area contributed by atoms with E-state index >= 15 is 0 Å². The second-order valence-corrected chi connectivity index (χ2v) is 8.33. The molecule has 0 aliphatic heterocycles. The lowest BCUT2D eigenvalue weighted by atomic mass is 10.1. The van der Waals surface area contributed by atoms with Crippen LogP contribution in [0.1, 0.15) is 45.6 Å². The van der Waals surface area contributed by atoms with Gasteiger partial charge in [-0.15, -0.1) is 0 Å². The minimum absolute atomic E-state index is 0.0570. The van der Waals surface area contributed by atoms with Gasteiger partial charge in [0.2, 0.25) is 11.8 Å². The Labute approximate surface area is 187 Å². The van der Waals surface area contributed by atoms with Crippen LogP contribution >= 0.6 is 15.9 Å². The van der Waals surface area contributed by atoms with Gasteiger partial charge in [0, 0.05) is 23.5 Å². The van der Waals surface area contributed by atoms with E-state index in [4.69, 9.17) is 4.74 Å². The molecule has 0 saturated carbocycles. The van der Waals surface area contributed by atoms with Crippen LogP contribution in [0, 0.1) is 0 Å². The monoisotopic (exact) mass is 474 g/mol. The van der Waals surface area contributed by atoms with Gasteiger partial charge in [0.05, 0.1) is 6.61 Å². The summed E-state index contributed by atoms with van der Waals surface area (Å²) in [5.41, 5.74) is 0.974. The summed E-state index contributed by atoms with van der Waals surface area (Å²) < 4.78 is 6.63. The first-order chi connectivity index (χ1) is 14.4. The van der Waals surface area contributed by atoms with E-state index in [1.165, 1.54) is 0 Å². The summed E-state index contributed by atoms with van der Waals surface area (Å²) in [6.07, 6.45) is 1.75. The van der Waals surface area contributed by atoms with Crippen molar-refractivity contribution >= 4 is 27.7 Å². The Bertz CT molecular complexity index is 813. The summed E-state index contributed by atoms with van der Waals surface area (Å²) in [5.74, 6) is 0.601. The van der Waals surface area contributed by atoms with Crippen LogP contribution in [-0.2, 0) is 16.1 Å². The largest absolute Gasteiger partial charge is 0.494 e. The zero-order valence-corrected chi connectivity index (χ0v) is 19.5. The fraction of sp³-hybridized carbons (Fsp3) is 0.417. The molecule has 5 nitrogen and oxygen atoms in total. The number of rotatable bonds is 11. The third kappa shape index (κ3) is 7.82. The molecular weight excluding hydrogens is 444 g/mol. The molecule has 162 valence electrons. The number of amides is 2. The highest BCUT2D eigenvalue weighted by Gasteiger charge is 2.26. The van der Waals surface area contributed by atoms with Crippen LogP contribution in [0.3, 0.4) is 0 Å². The zero-order valence-electron chi connectivity index (χ0n) is 17.9. The minimum Gasteiger partial charge on any atom is -0.494 e. The van der Waals surface area contributed by atoms with E-state index in [1.807, 2.05) is 68.4 Å². The summed E-state index contributed by atoms with van der Waals surface area (Å²) in [6.45, 7) is 6.60. The molecule has 2 rings (SSSR count). The average Bonchev–Trinajstić information content (AvgIpc) is 2.75. The van der Waals surface area contributed by atoms with Gasteiger partial charge in [-0.05, 0) is 56.5 Å². The summed E-state index contributed by atoms with van der Waals surface area (Å²) in [4.78, 5) is 27.4. The molecule has 2 atom stereocenters. The predicted octanol–water partition coefficient (Wildman–Crippen LogP) is 4.94. The first-order valence-electron chi connectivity index (χ1n) is 10.4. The lowest BCUT2D eigenvalue weighted by Gasteiger charge is -2.30. The molecule has 0 aliphatic carbocycles. The van der Waals surface area contributed by atoms with Crippen molar-refractivity contribution in [2.45, 2.75) is 58.7 Å². The van der Waals surface area contributed by atoms with Gasteiger partial charge in [-0.25, -0.2) is 0 Å². The number of ether oxygens (including phenoxy) is 1. The number of benzene rings is 2. The van der Waals surface area contributed by atoms with Gasteiger partial charge < -0.3 is 15.0 Å². The quantitative estimate of drug-likeness (QED) is 0.469. The van der Waals surface area contributed by atoms with Crippen molar-refractivity contribution in [3.05, 3.63) is 64.6 Å². The molecule has 6 heteroatoms. The summed E-state index contributed by atoms with van der Waals surface area (Å²) in [5, 5.41) is 2.98. The molecular formula is C24H31BrN2O3. The molecule has 0 aromatic heterocycles. The first kappa shape index (κ1) is 23.9. The van der Waals surface area contributed by atoms with Gasteiger partial charge in [0.25, 0.3) is 0 Å². The molecule has 2 aromatic carbocycles. The molecule has 2 aromatic rings. The van der Waals surface area contributed by atoms with Crippen LogP contribution in [0.5, 0.6) is 5.75 Å². The standard InChI is InChI=1S/C24H31BrN2O3/c1-4-18(2)26-24(29)19(3)27(17-20-10-8-11-21(25)16-20)23(28)14-9-15-30-22-12-6-5-7-13-22/h5-8,10-13,16,18-19H,4,9,14-15,17H2,1-3H3,(H,26,29)/t18-,19-/m0/s1. The van der Waals surface area contributed by atoms with Crippen molar-refractivity contribution in [3.8, 4) is 5.75 Å². The number of para-hydroxylation sites is 1. The first-order valence-corrected chi connectivity index (χ1v) is 11.2. The molecule has 0 heterocycles. The number of hydrogen-bond acceptors (Lipinski definition) is 3. The maximum Gasteiger partial charge on any atom is 0.242 e. The number of halogens is 1. The molecule has 0 radical (unpaired) electrons. The van der Waals surface area contributed by atoms with Crippen LogP contribution in [0.2, 0.25) is 0 Å². The number of carbonyl (C=O) groups is 2. The maximum atomic E-state index is 13.0. The van der Waals surface area contributed by atoms with Crippen molar-refractivity contribution in [2.75, 3.05) is 6.61 Å². The Morgan fingerprint density at radius 2 is 1.83 bits per heavy atom. The van der Waals surface area contributed by atoms with E-state index in [2.05, 4.69) is 21.2 Å². The molecule has 0 bridgehead atoms. The van der Waals surface area contributed by atoms with E-state index in [0.717, 1.165) is 22.2 Å². The Morgan fingerprint density at radius 1 is 1.10 bits per heavy atom. The van der Waals surface area contributed by atoms with Crippen molar-refractivity contribution in [1.82, 2.24) is 10.2 Å². The summed E-state index contributed by atoms with van der Waals surface area (Å²) in [7, 11) is 0. The van der Waals surface area contributed by atoms with Gasteiger partial charge in [-0.2, -0.15) is 0 Å². The lowest BCUT2D eigenvalue weighted by Crippen LogP contribution is -2.49. The van der Waals surface area contributed by atoms with Crippen LogP contribution in [0.15, 0.2) is 59.1 Å². The third-order valence-electron chi connectivity index (χ3n) is 4.96. The molecule has 0 aliphatic rings. The molecule has 2 amide bonds.